The molecule has 1 aromatic rings. The Morgan fingerprint density at radius 3 is 2.23 bits per heavy atom. The minimum absolute atomic E-state index is 0.250. The van der Waals surface area contributed by atoms with E-state index in [9.17, 15) is 5.11 Å². The summed E-state index contributed by atoms with van der Waals surface area (Å²) in [5, 5.41) is 32.2. The molecule has 3 fully saturated rings. The normalized spacial score (nSPS) is 25.2. The van der Waals surface area contributed by atoms with Crippen molar-refractivity contribution < 1.29 is 14.6 Å². The van der Waals surface area contributed by atoms with E-state index in [1.807, 2.05) is 45.0 Å². The number of anilines is 1. The quantitative estimate of drug-likeness (QED) is 0.175. The second kappa shape index (κ2) is 19.4. The molecule has 8 N–H and O–H groups in total. The van der Waals surface area contributed by atoms with Gasteiger partial charge in [-0.1, -0.05) is 43.7 Å². The van der Waals surface area contributed by atoms with Gasteiger partial charge in [-0.05, 0) is 50.9 Å². The smallest absolute Gasteiger partial charge is 0.204 e. The van der Waals surface area contributed by atoms with Gasteiger partial charge >= 0.3 is 0 Å². The first kappa shape index (κ1) is 36.4. The summed E-state index contributed by atoms with van der Waals surface area (Å²) in [7, 11) is 1.50. The van der Waals surface area contributed by atoms with Crippen LogP contribution in [-0.2, 0) is 9.53 Å². The molecule has 4 atom stereocenters. The first-order valence-corrected chi connectivity index (χ1v) is 13.6. The second-order valence-corrected chi connectivity index (χ2v) is 9.39. The van der Waals surface area contributed by atoms with Crippen LogP contribution in [0.3, 0.4) is 0 Å². The van der Waals surface area contributed by atoms with Gasteiger partial charge in [0.25, 0.3) is 0 Å². The third kappa shape index (κ3) is 10.8. The van der Waals surface area contributed by atoms with E-state index in [1.54, 1.807) is 0 Å². The molecule has 1 saturated carbocycles. The number of allylic oxidation sites excluding steroid dienone is 2. The van der Waals surface area contributed by atoms with Crippen molar-refractivity contribution in [3.63, 3.8) is 0 Å². The Morgan fingerprint density at radius 2 is 1.79 bits per heavy atom. The summed E-state index contributed by atoms with van der Waals surface area (Å²) in [6.45, 7) is 12.6. The molecule has 2 saturated heterocycles. The predicted octanol–water partition coefficient (Wildman–Crippen LogP) is 3.18. The highest BCUT2D eigenvalue weighted by Crippen LogP contribution is 2.39. The SMILES string of the molecule is C/C=C/C1CC1C(=N)C=N.CC.CC1(N2CCN(c3ccc(C=N)cc3Cl)CC2)COCC1O.CN.NC=O. The molecule has 3 aliphatic rings. The van der Waals surface area contributed by atoms with Crippen LogP contribution in [0, 0.1) is 28.1 Å². The van der Waals surface area contributed by atoms with Crippen molar-refractivity contribution in [3.8, 4) is 0 Å². The molecule has 11 heteroatoms. The number of hydrogen-bond acceptors (Lipinski definition) is 9. The van der Waals surface area contributed by atoms with E-state index in [1.165, 1.54) is 13.3 Å². The van der Waals surface area contributed by atoms with Crippen LogP contribution < -0.4 is 16.4 Å². The van der Waals surface area contributed by atoms with E-state index in [4.69, 9.17) is 37.4 Å². The molecule has 220 valence electrons. The number of primary amides is 1. The standard InChI is InChI=1S/C16H22ClN3O2.C8H12N2.C2H6.CH3NO.CH5N/c1-16(11-22-10-15(16)21)20-6-4-19(5-7-20)14-3-2-12(9-18)8-13(14)17;1-2-3-6-4-7(6)8(10)5-9;1-2;2-1-3;1-2/h2-3,8-9,15,18,21H,4-7,10-11H2,1H3;2-3,5-7,9-10H,4H2,1H3;1-2H3;1H,(H2,2,3);2H2,1H3/b;3-2+,9-5?,10-8?;;;. The number of carbonyl (C=O) groups excluding carboxylic acids is 1. The molecule has 0 aromatic heterocycles. The maximum atomic E-state index is 10.2. The number of nitrogens with zero attached hydrogens (tertiary/aromatic N) is 2. The molecule has 39 heavy (non-hydrogen) atoms. The van der Waals surface area contributed by atoms with Gasteiger partial charge in [0.15, 0.2) is 0 Å². The summed E-state index contributed by atoms with van der Waals surface area (Å²) in [5.41, 5.74) is 10.7. The van der Waals surface area contributed by atoms with Crippen LogP contribution in [0.1, 0.15) is 39.7 Å². The van der Waals surface area contributed by atoms with Crippen LogP contribution in [-0.4, -0.2) is 92.6 Å². The molecule has 1 aliphatic carbocycles. The van der Waals surface area contributed by atoms with Crippen molar-refractivity contribution in [2.45, 2.75) is 45.8 Å². The topological polar surface area (TPSA) is 177 Å². The fourth-order valence-electron chi connectivity index (χ4n) is 4.42. The summed E-state index contributed by atoms with van der Waals surface area (Å²) < 4.78 is 5.43. The molecule has 10 nitrogen and oxygen atoms in total. The van der Waals surface area contributed by atoms with Crippen LogP contribution >= 0.6 is 11.6 Å². The van der Waals surface area contributed by atoms with Crippen LogP contribution in [0.5, 0.6) is 0 Å². The molecule has 0 radical (unpaired) electrons. The Kier molecular flexibility index (Phi) is 18.1. The molecule has 2 aliphatic heterocycles. The van der Waals surface area contributed by atoms with Gasteiger partial charge in [0.05, 0.1) is 41.3 Å². The highest BCUT2D eigenvalue weighted by Gasteiger charge is 2.44. The zero-order valence-electron chi connectivity index (χ0n) is 24.0. The number of piperazine rings is 1. The Morgan fingerprint density at radius 1 is 1.21 bits per heavy atom. The van der Waals surface area contributed by atoms with Crippen molar-refractivity contribution in [3.05, 3.63) is 40.9 Å². The van der Waals surface area contributed by atoms with Crippen LogP contribution in [0.2, 0.25) is 5.02 Å². The van der Waals surface area contributed by atoms with Crippen LogP contribution in [0.25, 0.3) is 0 Å². The minimum atomic E-state index is -0.422. The number of rotatable bonds is 6. The molecular formula is C28H48ClN7O3. The summed E-state index contributed by atoms with van der Waals surface area (Å²) >= 11 is 6.34. The molecular weight excluding hydrogens is 518 g/mol. The maximum Gasteiger partial charge on any atom is 0.204 e. The van der Waals surface area contributed by atoms with Gasteiger partial charge in [0.1, 0.15) is 0 Å². The second-order valence-electron chi connectivity index (χ2n) is 8.98. The number of benzene rings is 1. The molecule has 2 heterocycles. The lowest BCUT2D eigenvalue weighted by Crippen LogP contribution is -2.60. The molecule has 0 spiro atoms. The van der Waals surface area contributed by atoms with E-state index in [-0.39, 0.29) is 11.9 Å². The average Bonchev–Trinajstić information content (AvgIpc) is 3.66. The first-order valence-electron chi connectivity index (χ1n) is 13.3. The van der Waals surface area contributed by atoms with E-state index in [0.29, 0.717) is 35.8 Å². The van der Waals surface area contributed by atoms with Gasteiger partial charge < -0.3 is 42.4 Å². The van der Waals surface area contributed by atoms with Crippen LogP contribution in [0.15, 0.2) is 30.4 Å². The Balaban J connectivity index is 0.000000709. The Hall–Kier alpha value is -2.63. The number of aliphatic hydroxyl groups is 1. The lowest BCUT2D eigenvalue weighted by molar-refractivity contribution is -0.106. The molecule has 4 unspecified atom stereocenters. The highest BCUT2D eigenvalue weighted by molar-refractivity contribution is 6.33. The van der Waals surface area contributed by atoms with Gasteiger partial charge in [0, 0.05) is 44.5 Å². The Labute approximate surface area is 238 Å². The first-order chi connectivity index (χ1) is 18.7. The number of nitrogens with one attached hydrogen (secondary N) is 3. The predicted molar refractivity (Wildman–Crippen MR) is 163 cm³/mol. The number of halogens is 1. The number of carbonyl (C=O) groups is 1. The monoisotopic (exact) mass is 565 g/mol. The molecule has 4 rings (SSSR count). The van der Waals surface area contributed by atoms with Gasteiger partial charge in [-0.25, -0.2) is 0 Å². The summed E-state index contributed by atoms with van der Waals surface area (Å²) in [6.07, 6.45) is 7.47. The van der Waals surface area contributed by atoms with E-state index in [2.05, 4.69) is 34.3 Å². The number of ether oxygens (including phenoxy) is 1. The highest BCUT2D eigenvalue weighted by atomic mass is 35.5. The zero-order chi connectivity index (χ0) is 30.0. The lowest BCUT2D eigenvalue weighted by Gasteiger charge is -2.45. The molecule has 1 amide bonds. The van der Waals surface area contributed by atoms with Crippen molar-refractivity contribution >= 4 is 41.8 Å². The Bertz CT molecular complexity index is 922. The van der Waals surface area contributed by atoms with Gasteiger partial charge in [-0.2, -0.15) is 0 Å². The van der Waals surface area contributed by atoms with Crippen molar-refractivity contribution in [1.82, 2.24) is 4.90 Å². The largest absolute Gasteiger partial charge is 0.389 e. The minimum Gasteiger partial charge on any atom is -0.389 e. The summed E-state index contributed by atoms with van der Waals surface area (Å²) in [4.78, 5) is 13.2. The van der Waals surface area contributed by atoms with Gasteiger partial charge in [-0.3, -0.25) is 9.69 Å². The van der Waals surface area contributed by atoms with Crippen LogP contribution in [0.4, 0.5) is 5.69 Å². The van der Waals surface area contributed by atoms with Crippen molar-refractivity contribution in [2.24, 2.45) is 23.3 Å². The number of nitrogens with two attached hydrogens (primary N) is 2. The van der Waals surface area contributed by atoms with Gasteiger partial charge in [-0.15, -0.1) is 0 Å². The average molecular weight is 566 g/mol. The van der Waals surface area contributed by atoms with E-state index < -0.39 is 6.10 Å². The van der Waals surface area contributed by atoms with E-state index >= 15 is 0 Å². The molecule has 1 aromatic carbocycles. The third-order valence-corrected chi connectivity index (χ3v) is 7.01. The summed E-state index contributed by atoms with van der Waals surface area (Å²) in [6, 6.07) is 5.72. The fraction of sp³-hybridized carbons (Fsp3) is 0.571. The van der Waals surface area contributed by atoms with Crippen molar-refractivity contribution in [2.75, 3.05) is 51.3 Å². The number of aliphatic hydroxyl groups excluding tert-OH is 1. The molecule has 0 bridgehead atoms. The summed E-state index contributed by atoms with van der Waals surface area (Å²) in [5.74, 6) is 0.910. The zero-order valence-corrected chi connectivity index (χ0v) is 24.7. The third-order valence-electron chi connectivity index (χ3n) is 6.70. The fourth-order valence-corrected chi connectivity index (χ4v) is 4.73. The van der Waals surface area contributed by atoms with Gasteiger partial charge in [0.2, 0.25) is 6.41 Å². The maximum absolute atomic E-state index is 10.2. The number of amides is 1. The number of hydrogen-bond donors (Lipinski definition) is 6. The van der Waals surface area contributed by atoms with E-state index in [0.717, 1.165) is 50.1 Å². The van der Waals surface area contributed by atoms with Crippen molar-refractivity contribution in [1.29, 1.82) is 16.2 Å². The lowest BCUT2D eigenvalue weighted by atomic mass is 9.95.